The van der Waals surface area contributed by atoms with Crippen molar-refractivity contribution < 1.29 is 43.2 Å². The van der Waals surface area contributed by atoms with Crippen LogP contribution < -0.4 is 0 Å². The third-order valence-corrected chi connectivity index (χ3v) is 10.3. The zero-order chi connectivity index (χ0) is 29.3. The van der Waals surface area contributed by atoms with Gasteiger partial charge in [-0.3, -0.25) is 9.59 Å². The lowest BCUT2D eigenvalue weighted by Gasteiger charge is -2.67. The number of ketones is 1. The van der Waals surface area contributed by atoms with Crippen molar-refractivity contribution in [1.82, 2.24) is 0 Å². The number of benzene rings is 1. The second-order valence-electron chi connectivity index (χ2n) is 12.5. The first-order valence-corrected chi connectivity index (χ1v) is 13.9. The number of ether oxygens (including phenoxy) is 5. The molecule has 9 heteroatoms. The van der Waals surface area contributed by atoms with Crippen LogP contribution in [0.3, 0.4) is 0 Å². The molecule has 1 unspecified atom stereocenters. The number of rotatable bonds is 5. The molecule has 5 rings (SSSR count). The van der Waals surface area contributed by atoms with Gasteiger partial charge in [-0.25, -0.2) is 4.79 Å². The molecule has 40 heavy (non-hydrogen) atoms. The van der Waals surface area contributed by atoms with E-state index in [-0.39, 0.29) is 25.2 Å². The molecule has 3 fully saturated rings. The van der Waals surface area contributed by atoms with Crippen molar-refractivity contribution in [2.45, 2.75) is 89.5 Å². The summed E-state index contributed by atoms with van der Waals surface area (Å²) in [5.74, 6) is -2.46. The number of fused-ring (bicyclic) bond motifs is 5. The Hall–Kier alpha value is -2.59. The van der Waals surface area contributed by atoms with Crippen molar-refractivity contribution in [2.24, 2.45) is 16.7 Å². The molecule has 1 saturated heterocycles. The van der Waals surface area contributed by atoms with E-state index in [0.29, 0.717) is 17.6 Å². The fourth-order valence-electron chi connectivity index (χ4n) is 8.20. The van der Waals surface area contributed by atoms with E-state index in [1.54, 1.807) is 37.3 Å². The molecule has 3 aliphatic carbocycles. The minimum atomic E-state index is -1.65. The second kappa shape index (κ2) is 9.76. The van der Waals surface area contributed by atoms with Gasteiger partial charge in [0.25, 0.3) is 0 Å². The lowest BCUT2D eigenvalue weighted by molar-refractivity contribution is -0.346. The third-order valence-electron chi connectivity index (χ3n) is 10.3. The molecule has 4 aliphatic rings. The van der Waals surface area contributed by atoms with Gasteiger partial charge in [0.05, 0.1) is 29.6 Å². The summed E-state index contributed by atoms with van der Waals surface area (Å²) in [6, 6.07) is 8.52. The fraction of sp³-hybridized carbons (Fsp3) is 0.645. The second-order valence-corrected chi connectivity index (χ2v) is 12.5. The molecule has 0 radical (unpaired) electrons. The van der Waals surface area contributed by atoms with Crippen molar-refractivity contribution >= 4 is 17.7 Å². The van der Waals surface area contributed by atoms with Gasteiger partial charge in [0, 0.05) is 33.0 Å². The van der Waals surface area contributed by atoms with E-state index in [1.807, 2.05) is 20.8 Å². The van der Waals surface area contributed by atoms with Crippen LogP contribution in [0.25, 0.3) is 0 Å². The van der Waals surface area contributed by atoms with Gasteiger partial charge in [-0.15, -0.1) is 0 Å². The zero-order valence-electron chi connectivity index (χ0n) is 24.3. The summed E-state index contributed by atoms with van der Waals surface area (Å²) in [6.45, 7) is 8.74. The average molecular weight is 557 g/mol. The highest BCUT2D eigenvalue weighted by molar-refractivity contribution is 5.94. The molecule has 1 N–H and O–H groups in total. The van der Waals surface area contributed by atoms with E-state index < -0.39 is 64.3 Å². The Balaban J connectivity index is 1.82. The van der Waals surface area contributed by atoms with Gasteiger partial charge in [0.15, 0.2) is 11.4 Å². The fourth-order valence-corrected chi connectivity index (χ4v) is 8.20. The molecule has 1 aromatic rings. The van der Waals surface area contributed by atoms with Gasteiger partial charge in [-0.1, -0.05) is 37.6 Å². The molecule has 1 aliphatic heterocycles. The molecular formula is C31H40O9. The van der Waals surface area contributed by atoms with Crippen LogP contribution in [0.4, 0.5) is 0 Å². The van der Waals surface area contributed by atoms with E-state index >= 15 is 0 Å². The molecular weight excluding hydrogens is 516 g/mol. The number of methoxy groups -OCH3 is 2. The van der Waals surface area contributed by atoms with E-state index in [0.717, 1.165) is 5.57 Å². The van der Waals surface area contributed by atoms with Gasteiger partial charge in [0.2, 0.25) is 0 Å². The van der Waals surface area contributed by atoms with Crippen molar-refractivity contribution in [1.29, 1.82) is 0 Å². The predicted octanol–water partition coefficient (Wildman–Crippen LogP) is 3.42. The first-order valence-electron chi connectivity index (χ1n) is 13.9. The summed E-state index contributed by atoms with van der Waals surface area (Å²) >= 11 is 0. The van der Waals surface area contributed by atoms with Gasteiger partial charge in [0.1, 0.15) is 23.9 Å². The maximum atomic E-state index is 14.9. The Kier molecular flexibility index (Phi) is 7.05. The Morgan fingerprint density at radius 2 is 1.75 bits per heavy atom. The van der Waals surface area contributed by atoms with Crippen LogP contribution in [0.5, 0.6) is 0 Å². The van der Waals surface area contributed by atoms with E-state index in [2.05, 4.69) is 0 Å². The summed E-state index contributed by atoms with van der Waals surface area (Å²) < 4.78 is 30.3. The molecule has 9 nitrogen and oxygen atoms in total. The van der Waals surface area contributed by atoms with Crippen molar-refractivity contribution in [2.75, 3.05) is 20.8 Å². The lowest BCUT2D eigenvalue weighted by Crippen LogP contribution is -2.81. The molecule has 0 spiro atoms. The lowest BCUT2D eigenvalue weighted by atomic mass is 9.45. The maximum Gasteiger partial charge on any atom is 0.338 e. The Bertz CT molecular complexity index is 1240. The summed E-state index contributed by atoms with van der Waals surface area (Å²) in [7, 11) is 3.01. The number of hydrogen-bond donors (Lipinski definition) is 1. The number of aliphatic hydroxyl groups is 1. The van der Waals surface area contributed by atoms with Crippen LogP contribution in [0.2, 0.25) is 0 Å². The van der Waals surface area contributed by atoms with Crippen molar-refractivity contribution in [3.05, 3.63) is 47.0 Å². The highest BCUT2D eigenvalue weighted by Crippen LogP contribution is 2.64. The number of carbonyl (C=O) groups is 3. The van der Waals surface area contributed by atoms with Crippen LogP contribution >= 0.6 is 0 Å². The number of hydrogen-bond acceptors (Lipinski definition) is 9. The minimum absolute atomic E-state index is 0.00349. The number of carbonyl (C=O) groups excluding carboxylic acids is 3. The average Bonchev–Trinajstić information content (AvgIpc) is 2.90. The van der Waals surface area contributed by atoms with Crippen LogP contribution in [-0.4, -0.2) is 79.3 Å². The predicted molar refractivity (Wildman–Crippen MR) is 143 cm³/mol. The molecule has 2 saturated carbocycles. The Morgan fingerprint density at radius 1 is 1.07 bits per heavy atom. The highest BCUT2D eigenvalue weighted by atomic mass is 16.6. The van der Waals surface area contributed by atoms with Crippen LogP contribution in [-0.2, 0) is 33.3 Å². The molecule has 1 aromatic carbocycles. The highest BCUT2D eigenvalue weighted by Gasteiger charge is 2.77. The summed E-state index contributed by atoms with van der Waals surface area (Å²) in [5, 5.41) is 12.9. The zero-order valence-corrected chi connectivity index (χ0v) is 24.3. The van der Waals surface area contributed by atoms with E-state index in [4.69, 9.17) is 23.7 Å². The van der Waals surface area contributed by atoms with Crippen LogP contribution in [0.15, 0.2) is 41.5 Å². The third kappa shape index (κ3) is 3.77. The molecule has 0 aromatic heterocycles. The van der Waals surface area contributed by atoms with E-state index in [9.17, 15) is 19.5 Å². The quantitative estimate of drug-likeness (QED) is 0.430. The maximum absolute atomic E-state index is 14.9. The summed E-state index contributed by atoms with van der Waals surface area (Å²) in [5.41, 5.74) is -3.49. The number of Topliss-reactive ketones (excluding diaryl/α,β-unsaturated/α-hetero) is 1. The SMILES string of the molecule is CO[C@H]1C(=O)[C@@]2(C)C([C@H](OC(=O)c3ccccc3)[C@]3(O)CCC(C)=C1C3(C)C)[C@]1(OC(C)=O)CO[C@@H]1C[C@@H]2OC. The molecule has 2 bridgehead atoms. The van der Waals surface area contributed by atoms with Gasteiger partial charge in [-0.05, 0) is 44.4 Å². The Morgan fingerprint density at radius 3 is 2.30 bits per heavy atom. The molecule has 1 heterocycles. The smallest absolute Gasteiger partial charge is 0.338 e. The molecule has 218 valence electrons. The van der Waals surface area contributed by atoms with E-state index in [1.165, 1.54) is 21.1 Å². The van der Waals surface area contributed by atoms with Gasteiger partial charge in [-0.2, -0.15) is 0 Å². The van der Waals surface area contributed by atoms with Gasteiger partial charge >= 0.3 is 11.9 Å². The normalized spacial score (nSPS) is 40.1. The number of esters is 2. The topological polar surface area (TPSA) is 118 Å². The molecule has 0 amide bonds. The first kappa shape index (κ1) is 28.9. The summed E-state index contributed by atoms with van der Waals surface area (Å²) in [4.78, 5) is 41.2. The Labute approximate surface area is 235 Å². The first-order chi connectivity index (χ1) is 18.8. The minimum Gasteiger partial charge on any atom is -0.455 e. The van der Waals surface area contributed by atoms with Gasteiger partial charge < -0.3 is 28.8 Å². The molecule has 8 atom stereocenters. The monoisotopic (exact) mass is 556 g/mol. The van der Waals surface area contributed by atoms with Crippen molar-refractivity contribution in [3.63, 3.8) is 0 Å². The van der Waals surface area contributed by atoms with Crippen molar-refractivity contribution in [3.8, 4) is 0 Å². The standard InChI is InChI=1S/C31H40O9/c1-17-13-14-31(35)26(39-27(34)19-11-9-8-10-12-19)24-29(5,25(33)23(37-7)22(17)28(31,3)4)20(36-6)15-21-30(24,16-38-21)40-18(2)32/h8-12,20-21,23-24,26,35H,13-16H2,1-7H3/t20-,21+,23+,24?,26-,29+,30-,31+/m0/s1. The summed E-state index contributed by atoms with van der Waals surface area (Å²) in [6.07, 6.45) is -2.53. The number of allylic oxidation sites excluding steroid dienone is 1. The largest absolute Gasteiger partial charge is 0.455 e. The van der Waals surface area contributed by atoms with Crippen LogP contribution in [0, 0.1) is 16.7 Å². The van der Waals surface area contributed by atoms with Crippen LogP contribution in [0.1, 0.15) is 64.2 Å².